The van der Waals surface area contributed by atoms with E-state index in [4.69, 9.17) is 5.11 Å². The SMILES string of the molecule is CC(C)Cc1cc(C(=O)N[C@H](CC(C)C)C(=O)O)cc(=O)[nH]1. The minimum atomic E-state index is -1.07. The molecule has 22 heavy (non-hydrogen) atoms. The van der Waals surface area contributed by atoms with Gasteiger partial charge in [0.15, 0.2) is 0 Å². The van der Waals surface area contributed by atoms with E-state index in [-0.39, 0.29) is 17.0 Å². The number of aromatic nitrogens is 1. The van der Waals surface area contributed by atoms with Crippen LogP contribution in [0.2, 0.25) is 0 Å². The Balaban J connectivity index is 2.94. The molecular weight excluding hydrogens is 284 g/mol. The highest BCUT2D eigenvalue weighted by molar-refractivity contribution is 5.96. The maximum Gasteiger partial charge on any atom is 0.326 e. The molecule has 0 unspecified atom stereocenters. The van der Waals surface area contributed by atoms with Crippen molar-refractivity contribution in [2.75, 3.05) is 0 Å². The molecule has 0 aliphatic carbocycles. The number of hydrogen-bond donors (Lipinski definition) is 3. The molecule has 0 aliphatic rings. The summed E-state index contributed by atoms with van der Waals surface area (Å²) in [6.45, 7) is 7.79. The number of nitrogens with one attached hydrogen (secondary N) is 2. The standard InChI is InChI=1S/C16H24N2O4/c1-9(2)5-12-7-11(8-14(19)17-12)15(20)18-13(16(21)22)6-10(3)4/h7-10,13H,5-6H2,1-4H3,(H,17,19)(H,18,20)(H,21,22)/t13-/m1/s1. The quantitative estimate of drug-likeness (QED) is 0.715. The van der Waals surface area contributed by atoms with Crippen molar-refractivity contribution in [1.82, 2.24) is 10.3 Å². The van der Waals surface area contributed by atoms with Crippen LogP contribution in [0.15, 0.2) is 16.9 Å². The Kier molecular flexibility index (Phi) is 6.34. The minimum Gasteiger partial charge on any atom is -0.480 e. The molecule has 0 radical (unpaired) electrons. The summed E-state index contributed by atoms with van der Waals surface area (Å²) in [4.78, 5) is 37.7. The first-order chi connectivity index (χ1) is 10.2. The van der Waals surface area contributed by atoms with Crippen LogP contribution in [0.4, 0.5) is 0 Å². The van der Waals surface area contributed by atoms with Crippen molar-refractivity contribution >= 4 is 11.9 Å². The van der Waals surface area contributed by atoms with Gasteiger partial charge in [-0.3, -0.25) is 9.59 Å². The molecule has 122 valence electrons. The van der Waals surface area contributed by atoms with Crippen molar-refractivity contribution in [3.05, 3.63) is 33.7 Å². The van der Waals surface area contributed by atoms with Gasteiger partial charge in [-0.1, -0.05) is 27.7 Å². The number of rotatable bonds is 7. The van der Waals surface area contributed by atoms with Crippen molar-refractivity contribution in [2.45, 2.75) is 46.6 Å². The number of carbonyl (C=O) groups is 2. The Bertz CT molecular complexity index is 590. The molecule has 6 nitrogen and oxygen atoms in total. The Morgan fingerprint density at radius 1 is 1.18 bits per heavy atom. The number of carboxylic acid groups (broad SMARTS) is 1. The lowest BCUT2D eigenvalue weighted by molar-refractivity contribution is -0.139. The zero-order valence-electron chi connectivity index (χ0n) is 13.5. The normalized spacial score (nSPS) is 12.5. The van der Waals surface area contributed by atoms with Crippen LogP contribution in [0, 0.1) is 11.8 Å². The van der Waals surface area contributed by atoms with Crippen molar-refractivity contribution in [3.8, 4) is 0 Å². The van der Waals surface area contributed by atoms with Crippen molar-refractivity contribution in [1.29, 1.82) is 0 Å². The van der Waals surface area contributed by atoms with Gasteiger partial charge in [0.2, 0.25) is 5.56 Å². The second kappa shape index (κ2) is 7.77. The van der Waals surface area contributed by atoms with E-state index < -0.39 is 17.9 Å². The Morgan fingerprint density at radius 3 is 2.32 bits per heavy atom. The lowest BCUT2D eigenvalue weighted by Gasteiger charge is -2.16. The number of pyridine rings is 1. The lowest BCUT2D eigenvalue weighted by Crippen LogP contribution is -2.42. The smallest absolute Gasteiger partial charge is 0.326 e. The number of carbonyl (C=O) groups excluding carboxylic acids is 1. The van der Waals surface area contributed by atoms with Crippen LogP contribution in [0.5, 0.6) is 0 Å². The van der Waals surface area contributed by atoms with E-state index in [1.54, 1.807) is 6.07 Å². The molecule has 1 heterocycles. The van der Waals surface area contributed by atoms with E-state index in [0.717, 1.165) is 0 Å². The summed E-state index contributed by atoms with van der Waals surface area (Å²) in [7, 11) is 0. The predicted octanol–water partition coefficient (Wildman–Crippen LogP) is 1.80. The molecule has 1 aromatic rings. The molecule has 0 bridgehead atoms. The molecule has 0 fully saturated rings. The third kappa shape index (κ3) is 5.71. The van der Waals surface area contributed by atoms with Gasteiger partial charge in [0.05, 0.1) is 0 Å². The third-order valence-corrected chi connectivity index (χ3v) is 3.10. The van der Waals surface area contributed by atoms with Crippen molar-refractivity contribution in [3.63, 3.8) is 0 Å². The Labute approximate surface area is 129 Å². The largest absolute Gasteiger partial charge is 0.480 e. The van der Waals surface area contributed by atoms with Gasteiger partial charge in [0, 0.05) is 17.3 Å². The monoisotopic (exact) mass is 308 g/mol. The molecule has 6 heteroatoms. The van der Waals surface area contributed by atoms with Crippen LogP contribution in [-0.2, 0) is 11.2 Å². The fourth-order valence-electron chi connectivity index (χ4n) is 2.22. The minimum absolute atomic E-state index is 0.136. The summed E-state index contributed by atoms with van der Waals surface area (Å²) < 4.78 is 0. The second-order valence-electron chi connectivity index (χ2n) is 6.35. The van der Waals surface area contributed by atoms with Crippen LogP contribution in [-0.4, -0.2) is 28.0 Å². The van der Waals surface area contributed by atoms with E-state index >= 15 is 0 Å². The molecule has 1 rings (SSSR count). The van der Waals surface area contributed by atoms with E-state index in [1.807, 2.05) is 27.7 Å². The maximum atomic E-state index is 12.2. The average Bonchev–Trinajstić information content (AvgIpc) is 2.35. The van der Waals surface area contributed by atoms with Gasteiger partial charge in [-0.2, -0.15) is 0 Å². The highest BCUT2D eigenvalue weighted by Crippen LogP contribution is 2.09. The fourth-order valence-corrected chi connectivity index (χ4v) is 2.22. The fraction of sp³-hybridized carbons (Fsp3) is 0.562. The van der Waals surface area contributed by atoms with Gasteiger partial charge in [0.1, 0.15) is 6.04 Å². The zero-order valence-corrected chi connectivity index (χ0v) is 13.5. The van der Waals surface area contributed by atoms with Crippen LogP contribution in [0.25, 0.3) is 0 Å². The van der Waals surface area contributed by atoms with E-state index in [0.29, 0.717) is 24.5 Å². The first-order valence-electron chi connectivity index (χ1n) is 7.46. The van der Waals surface area contributed by atoms with Crippen LogP contribution in [0.1, 0.15) is 50.2 Å². The number of carboxylic acids is 1. The van der Waals surface area contributed by atoms with E-state index in [2.05, 4.69) is 10.3 Å². The van der Waals surface area contributed by atoms with E-state index in [1.165, 1.54) is 6.07 Å². The number of H-pyrrole nitrogens is 1. The summed E-state index contributed by atoms with van der Waals surface area (Å²) in [5.74, 6) is -1.14. The van der Waals surface area contributed by atoms with Crippen molar-refractivity contribution < 1.29 is 14.7 Å². The molecule has 0 aliphatic heterocycles. The molecule has 0 saturated carbocycles. The summed E-state index contributed by atoms with van der Waals surface area (Å²) >= 11 is 0. The van der Waals surface area contributed by atoms with Gasteiger partial charge < -0.3 is 15.4 Å². The van der Waals surface area contributed by atoms with Crippen LogP contribution >= 0.6 is 0 Å². The summed E-state index contributed by atoms with van der Waals surface area (Å²) in [5, 5.41) is 11.6. The number of aliphatic carboxylic acids is 1. The van der Waals surface area contributed by atoms with Crippen molar-refractivity contribution in [2.24, 2.45) is 11.8 Å². The zero-order chi connectivity index (χ0) is 16.9. The molecule has 0 aromatic carbocycles. The molecule has 1 atom stereocenters. The van der Waals surface area contributed by atoms with Gasteiger partial charge in [0.25, 0.3) is 5.91 Å². The van der Waals surface area contributed by atoms with E-state index in [9.17, 15) is 14.4 Å². The lowest BCUT2D eigenvalue weighted by atomic mass is 10.0. The maximum absolute atomic E-state index is 12.2. The van der Waals surface area contributed by atoms with Crippen LogP contribution < -0.4 is 10.9 Å². The summed E-state index contributed by atoms with van der Waals surface area (Å²) in [6.07, 6.45) is 0.980. The van der Waals surface area contributed by atoms with Crippen LogP contribution in [0.3, 0.4) is 0 Å². The first-order valence-corrected chi connectivity index (χ1v) is 7.46. The highest BCUT2D eigenvalue weighted by Gasteiger charge is 2.22. The van der Waals surface area contributed by atoms with Gasteiger partial charge in [-0.15, -0.1) is 0 Å². The number of hydrogen-bond acceptors (Lipinski definition) is 3. The second-order valence-corrected chi connectivity index (χ2v) is 6.35. The predicted molar refractivity (Wildman–Crippen MR) is 83.9 cm³/mol. The number of aromatic amines is 1. The number of amides is 1. The molecule has 0 saturated heterocycles. The molecule has 3 N–H and O–H groups in total. The molecular formula is C16H24N2O4. The average molecular weight is 308 g/mol. The van der Waals surface area contributed by atoms with Gasteiger partial charge in [-0.05, 0) is 30.7 Å². The van der Waals surface area contributed by atoms with Gasteiger partial charge >= 0.3 is 5.97 Å². The molecule has 1 aromatic heterocycles. The molecule has 0 spiro atoms. The third-order valence-electron chi connectivity index (χ3n) is 3.10. The summed E-state index contributed by atoms with van der Waals surface area (Å²) in [6, 6.07) is 1.83. The van der Waals surface area contributed by atoms with Gasteiger partial charge in [-0.25, -0.2) is 4.79 Å². The highest BCUT2D eigenvalue weighted by atomic mass is 16.4. The first kappa shape index (κ1) is 17.9. The summed E-state index contributed by atoms with van der Waals surface area (Å²) in [5.41, 5.74) is 0.497. The Hall–Kier alpha value is -2.11. The Morgan fingerprint density at radius 2 is 1.82 bits per heavy atom. The molecule has 1 amide bonds. The topological polar surface area (TPSA) is 99.3 Å².